The monoisotopic (exact) mass is 190 g/mol. The molecule has 1 aromatic heterocycles. The third-order valence-corrected chi connectivity index (χ3v) is 2.80. The first-order chi connectivity index (χ1) is 6.27. The zero-order valence-corrected chi connectivity index (χ0v) is 8.14. The molecule has 0 radical (unpaired) electrons. The SMILES string of the molecule is Cc1csc(-c2ccccc2N)n1. The van der Waals surface area contributed by atoms with Crippen LogP contribution in [0.1, 0.15) is 5.69 Å². The normalized spacial score (nSPS) is 10.2. The topological polar surface area (TPSA) is 38.9 Å². The van der Waals surface area contributed by atoms with Crippen LogP contribution in [-0.4, -0.2) is 4.98 Å². The van der Waals surface area contributed by atoms with Crippen molar-refractivity contribution >= 4 is 17.0 Å². The van der Waals surface area contributed by atoms with Crippen molar-refractivity contribution in [1.29, 1.82) is 0 Å². The number of hydrogen-bond donors (Lipinski definition) is 1. The van der Waals surface area contributed by atoms with Gasteiger partial charge in [0.1, 0.15) is 5.01 Å². The average molecular weight is 190 g/mol. The second-order valence-corrected chi connectivity index (χ2v) is 3.74. The number of rotatable bonds is 1. The van der Waals surface area contributed by atoms with E-state index in [1.807, 2.05) is 36.6 Å². The van der Waals surface area contributed by atoms with Crippen LogP contribution in [0.5, 0.6) is 0 Å². The van der Waals surface area contributed by atoms with Crippen molar-refractivity contribution in [2.75, 3.05) is 5.73 Å². The summed E-state index contributed by atoms with van der Waals surface area (Å²) in [5.41, 5.74) is 8.69. The van der Waals surface area contributed by atoms with E-state index in [1.165, 1.54) is 0 Å². The fourth-order valence-electron chi connectivity index (χ4n) is 1.17. The van der Waals surface area contributed by atoms with Crippen LogP contribution < -0.4 is 5.73 Å². The molecule has 3 heteroatoms. The smallest absolute Gasteiger partial charge is 0.125 e. The Hall–Kier alpha value is -1.35. The Balaban J connectivity index is 2.52. The number of para-hydroxylation sites is 1. The third-order valence-electron chi connectivity index (χ3n) is 1.81. The number of aryl methyl sites for hydroxylation is 1. The van der Waals surface area contributed by atoms with Crippen molar-refractivity contribution in [1.82, 2.24) is 4.98 Å². The van der Waals surface area contributed by atoms with Gasteiger partial charge in [-0.05, 0) is 19.1 Å². The van der Waals surface area contributed by atoms with Gasteiger partial charge in [-0.2, -0.15) is 0 Å². The molecule has 0 spiro atoms. The highest BCUT2D eigenvalue weighted by molar-refractivity contribution is 7.13. The quantitative estimate of drug-likeness (QED) is 0.702. The standard InChI is InChI=1S/C10H10N2S/c1-7-6-13-10(12-7)8-4-2-3-5-9(8)11/h2-6H,11H2,1H3. The summed E-state index contributed by atoms with van der Waals surface area (Å²) in [7, 11) is 0. The zero-order chi connectivity index (χ0) is 9.26. The van der Waals surface area contributed by atoms with Crippen molar-refractivity contribution in [3.8, 4) is 10.6 Å². The summed E-state index contributed by atoms with van der Waals surface area (Å²) in [6.07, 6.45) is 0. The van der Waals surface area contributed by atoms with Gasteiger partial charge in [0, 0.05) is 22.3 Å². The number of thiazole rings is 1. The minimum Gasteiger partial charge on any atom is -0.398 e. The summed E-state index contributed by atoms with van der Waals surface area (Å²) in [5.74, 6) is 0. The lowest BCUT2D eigenvalue weighted by atomic mass is 10.2. The molecule has 2 rings (SSSR count). The van der Waals surface area contributed by atoms with E-state index >= 15 is 0 Å². The summed E-state index contributed by atoms with van der Waals surface area (Å²) >= 11 is 1.63. The number of nitrogens with zero attached hydrogens (tertiary/aromatic N) is 1. The predicted octanol–water partition coefficient (Wildman–Crippen LogP) is 2.70. The van der Waals surface area contributed by atoms with E-state index < -0.39 is 0 Å². The van der Waals surface area contributed by atoms with Gasteiger partial charge in [0.05, 0.1) is 0 Å². The number of aromatic nitrogens is 1. The van der Waals surface area contributed by atoms with Gasteiger partial charge in [0.2, 0.25) is 0 Å². The molecule has 0 aliphatic heterocycles. The Morgan fingerprint density at radius 2 is 2.08 bits per heavy atom. The first kappa shape index (κ1) is 8.26. The molecule has 2 N–H and O–H groups in total. The fraction of sp³-hybridized carbons (Fsp3) is 0.100. The Bertz CT molecular complexity index is 420. The van der Waals surface area contributed by atoms with E-state index in [0.717, 1.165) is 22.0 Å². The number of nitrogens with two attached hydrogens (primary N) is 1. The third kappa shape index (κ3) is 1.55. The lowest BCUT2D eigenvalue weighted by molar-refractivity contribution is 1.27. The van der Waals surface area contributed by atoms with Gasteiger partial charge in [-0.1, -0.05) is 12.1 Å². The minimum atomic E-state index is 0.789. The Morgan fingerprint density at radius 3 is 2.69 bits per heavy atom. The molecule has 0 aliphatic rings. The van der Waals surface area contributed by atoms with Gasteiger partial charge >= 0.3 is 0 Å². The Labute approximate surface area is 81.1 Å². The van der Waals surface area contributed by atoms with Crippen LogP contribution in [0.15, 0.2) is 29.6 Å². The first-order valence-electron chi connectivity index (χ1n) is 4.04. The molecular weight excluding hydrogens is 180 g/mol. The maximum absolute atomic E-state index is 5.83. The number of nitrogen functional groups attached to an aromatic ring is 1. The van der Waals surface area contributed by atoms with Crippen LogP contribution in [-0.2, 0) is 0 Å². The van der Waals surface area contributed by atoms with Gasteiger partial charge in [-0.25, -0.2) is 4.98 Å². The minimum absolute atomic E-state index is 0.789. The van der Waals surface area contributed by atoms with Gasteiger partial charge in [-0.3, -0.25) is 0 Å². The van der Waals surface area contributed by atoms with Crippen LogP contribution in [0.4, 0.5) is 5.69 Å². The molecule has 66 valence electrons. The van der Waals surface area contributed by atoms with E-state index in [0.29, 0.717) is 0 Å². The highest BCUT2D eigenvalue weighted by Crippen LogP contribution is 2.27. The van der Waals surface area contributed by atoms with E-state index in [9.17, 15) is 0 Å². The zero-order valence-electron chi connectivity index (χ0n) is 7.32. The van der Waals surface area contributed by atoms with Gasteiger partial charge < -0.3 is 5.73 Å². The highest BCUT2D eigenvalue weighted by atomic mass is 32.1. The molecule has 0 saturated heterocycles. The molecule has 1 heterocycles. The van der Waals surface area contributed by atoms with Crippen molar-refractivity contribution in [2.45, 2.75) is 6.92 Å². The Kier molecular flexibility index (Phi) is 2.02. The van der Waals surface area contributed by atoms with Crippen molar-refractivity contribution in [3.63, 3.8) is 0 Å². The van der Waals surface area contributed by atoms with Crippen LogP contribution >= 0.6 is 11.3 Å². The molecule has 2 aromatic rings. The number of benzene rings is 1. The molecule has 0 saturated carbocycles. The lowest BCUT2D eigenvalue weighted by Gasteiger charge is -1.99. The van der Waals surface area contributed by atoms with Crippen LogP contribution in [0.2, 0.25) is 0 Å². The van der Waals surface area contributed by atoms with Gasteiger partial charge in [-0.15, -0.1) is 11.3 Å². The molecule has 0 amide bonds. The summed E-state index contributed by atoms with van der Waals surface area (Å²) < 4.78 is 0. The van der Waals surface area contributed by atoms with E-state index in [2.05, 4.69) is 4.98 Å². The predicted molar refractivity (Wildman–Crippen MR) is 56.7 cm³/mol. The van der Waals surface area contributed by atoms with Crippen LogP contribution in [0.3, 0.4) is 0 Å². The van der Waals surface area contributed by atoms with E-state index in [-0.39, 0.29) is 0 Å². The van der Waals surface area contributed by atoms with Crippen LogP contribution in [0.25, 0.3) is 10.6 Å². The second kappa shape index (κ2) is 3.18. The molecular formula is C10H10N2S. The molecule has 1 aromatic carbocycles. The average Bonchev–Trinajstić information content (AvgIpc) is 2.53. The molecule has 0 aliphatic carbocycles. The molecule has 0 unspecified atom stereocenters. The van der Waals surface area contributed by atoms with E-state index in [1.54, 1.807) is 11.3 Å². The van der Waals surface area contributed by atoms with Gasteiger partial charge in [0.15, 0.2) is 0 Å². The van der Waals surface area contributed by atoms with E-state index in [4.69, 9.17) is 5.73 Å². The van der Waals surface area contributed by atoms with Crippen molar-refractivity contribution in [3.05, 3.63) is 35.3 Å². The van der Waals surface area contributed by atoms with Crippen LogP contribution in [0, 0.1) is 6.92 Å². The highest BCUT2D eigenvalue weighted by Gasteiger charge is 2.04. The fourth-order valence-corrected chi connectivity index (χ4v) is 2.01. The number of hydrogen-bond acceptors (Lipinski definition) is 3. The maximum Gasteiger partial charge on any atom is 0.125 e. The summed E-state index contributed by atoms with van der Waals surface area (Å²) in [6.45, 7) is 1.99. The van der Waals surface area contributed by atoms with Crippen molar-refractivity contribution < 1.29 is 0 Å². The van der Waals surface area contributed by atoms with Crippen molar-refractivity contribution in [2.24, 2.45) is 0 Å². The summed E-state index contributed by atoms with van der Waals surface area (Å²) in [4.78, 5) is 4.38. The largest absolute Gasteiger partial charge is 0.398 e. The number of anilines is 1. The second-order valence-electron chi connectivity index (χ2n) is 2.88. The summed E-state index contributed by atoms with van der Waals surface area (Å²) in [6, 6.07) is 7.79. The van der Waals surface area contributed by atoms with Gasteiger partial charge in [0.25, 0.3) is 0 Å². The Morgan fingerprint density at radius 1 is 1.31 bits per heavy atom. The lowest BCUT2D eigenvalue weighted by Crippen LogP contribution is -1.88. The maximum atomic E-state index is 5.83. The molecule has 0 fully saturated rings. The molecule has 13 heavy (non-hydrogen) atoms. The summed E-state index contributed by atoms with van der Waals surface area (Å²) in [5, 5.41) is 3.03. The first-order valence-corrected chi connectivity index (χ1v) is 4.92. The molecule has 0 bridgehead atoms. The molecule has 2 nitrogen and oxygen atoms in total. The molecule has 0 atom stereocenters.